The molecule has 1 unspecified atom stereocenters. The molecule has 1 amide bonds. The first-order valence-electron chi connectivity index (χ1n) is 11.3. The Kier molecular flexibility index (Phi) is 7.09. The van der Waals surface area contributed by atoms with Gasteiger partial charge < -0.3 is 14.4 Å². The molecule has 1 aliphatic rings. The largest absolute Gasteiger partial charge is 0.497 e. The van der Waals surface area contributed by atoms with Crippen molar-refractivity contribution >= 4 is 26.7 Å². The Morgan fingerprint density at radius 1 is 0.971 bits per heavy atom. The summed E-state index contributed by atoms with van der Waals surface area (Å²) < 4.78 is 38.1. The number of sulfonamides is 1. The molecule has 1 atom stereocenters. The van der Waals surface area contributed by atoms with E-state index >= 15 is 0 Å². The van der Waals surface area contributed by atoms with Crippen LogP contribution in [0.4, 0.5) is 0 Å². The Balaban J connectivity index is 1.44. The molecule has 1 aliphatic heterocycles. The molecular formula is C26H30N2O5S. The van der Waals surface area contributed by atoms with Gasteiger partial charge in [0.25, 0.3) is 0 Å². The number of hydrogen-bond acceptors (Lipinski definition) is 5. The number of ether oxygens (including phenoxy) is 2. The van der Waals surface area contributed by atoms with Crippen LogP contribution in [-0.4, -0.2) is 57.9 Å². The number of benzene rings is 3. The van der Waals surface area contributed by atoms with Gasteiger partial charge in [-0.3, -0.25) is 4.79 Å². The number of fused-ring (bicyclic) bond motifs is 1. The summed E-state index contributed by atoms with van der Waals surface area (Å²) in [5.74, 6) is 1.00. The van der Waals surface area contributed by atoms with E-state index in [4.69, 9.17) is 9.47 Å². The SMILES string of the molecule is COc1ccc(S(=O)(=O)N2CCCC(C(=O)N(C)Cc3ccc4cc(OC)ccc4c3)C2)cc1. The summed E-state index contributed by atoms with van der Waals surface area (Å²) in [4.78, 5) is 15.1. The van der Waals surface area contributed by atoms with Crippen molar-refractivity contribution in [2.24, 2.45) is 5.92 Å². The molecule has 7 nitrogen and oxygen atoms in total. The van der Waals surface area contributed by atoms with Gasteiger partial charge in [0.05, 0.1) is 25.0 Å². The topological polar surface area (TPSA) is 76.2 Å². The van der Waals surface area contributed by atoms with Crippen molar-refractivity contribution in [1.29, 1.82) is 0 Å². The van der Waals surface area contributed by atoms with Gasteiger partial charge in [-0.05, 0) is 71.6 Å². The van der Waals surface area contributed by atoms with E-state index in [0.717, 1.165) is 22.1 Å². The standard InChI is InChI=1S/C26H30N2O5S/c1-27(17-19-6-7-21-16-24(33-3)9-8-20(21)15-19)26(29)22-5-4-14-28(18-22)34(30,31)25-12-10-23(32-2)11-13-25/h6-13,15-16,22H,4-5,14,17-18H2,1-3H3. The number of carbonyl (C=O) groups excluding carboxylic acids is 1. The van der Waals surface area contributed by atoms with E-state index in [-0.39, 0.29) is 23.3 Å². The van der Waals surface area contributed by atoms with Gasteiger partial charge in [0.2, 0.25) is 15.9 Å². The highest BCUT2D eigenvalue weighted by atomic mass is 32.2. The highest BCUT2D eigenvalue weighted by molar-refractivity contribution is 7.89. The summed E-state index contributed by atoms with van der Waals surface area (Å²) in [5.41, 5.74) is 1.02. The second-order valence-corrected chi connectivity index (χ2v) is 10.6. The van der Waals surface area contributed by atoms with Crippen molar-refractivity contribution in [3.63, 3.8) is 0 Å². The lowest BCUT2D eigenvalue weighted by Gasteiger charge is -2.33. The average molecular weight is 483 g/mol. The number of nitrogens with zero attached hydrogens (tertiary/aromatic N) is 2. The highest BCUT2D eigenvalue weighted by Crippen LogP contribution is 2.27. The number of methoxy groups -OCH3 is 2. The molecule has 180 valence electrons. The Hall–Kier alpha value is -3.10. The maximum atomic E-state index is 13.2. The number of hydrogen-bond donors (Lipinski definition) is 0. The third-order valence-electron chi connectivity index (χ3n) is 6.34. The molecular weight excluding hydrogens is 452 g/mol. The molecule has 34 heavy (non-hydrogen) atoms. The summed E-state index contributed by atoms with van der Waals surface area (Å²) >= 11 is 0. The maximum absolute atomic E-state index is 13.2. The van der Waals surface area contributed by atoms with Gasteiger partial charge in [0.15, 0.2) is 0 Å². The lowest BCUT2D eigenvalue weighted by molar-refractivity contribution is -0.135. The van der Waals surface area contributed by atoms with Crippen LogP contribution in [0.3, 0.4) is 0 Å². The van der Waals surface area contributed by atoms with Crippen molar-refractivity contribution in [2.75, 3.05) is 34.4 Å². The van der Waals surface area contributed by atoms with Crippen LogP contribution in [-0.2, 0) is 21.4 Å². The van der Waals surface area contributed by atoms with E-state index in [2.05, 4.69) is 6.07 Å². The fourth-order valence-corrected chi connectivity index (χ4v) is 5.94. The van der Waals surface area contributed by atoms with Crippen molar-refractivity contribution in [2.45, 2.75) is 24.3 Å². The number of rotatable bonds is 7. The molecule has 3 aromatic carbocycles. The molecule has 1 saturated heterocycles. The fraction of sp³-hybridized carbons (Fsp3) is 0.346. The number of piperidine rings is 1. The van der Waals surface area contributed by atoms with Crippen LogP contribution in [0.25, 0.3) is 10.8 Å². The molecule has 3 aromatic rings. The molecule has 0 N–H and O–H groups in total. The van der Waals surface area contributed by atoms with Crippen LogP contribution in [0.15, 0.2) is 65.6 Å². The van der Waals surface area contributed by atoms with Gasteiger partial charge in [-0.1, -0.05) is 18.2 Å². The second-order valence-electron chi connectivity index (χ2n) is 8.62. The summed E-state index contributed by atoms with van der Waals surface area (Å²) in [7, 11) is 1.29. The van der Waals surface area contributed by atoms with E-state index in [1.807, 2.05) is 30.3 Å². The molecule has 1 heterocycles. The monoisotopic (exact) mass is 482 g/mol. The van der Waals surface area contributed by atoms with Gasteiger partial charge in [-0.2, -0.15) is 4.31 Å². The van der Waals surface area contributed by atoms with Gasteiger partial charge in [-0.15, -0.1) is 0 Å². The highest BCUT2D eigenvalue weighted by Gasteiger charge is 2.34. The quantitative estimate of drug-likeness (QED) is 0.510. The zero-order valence-electron chi connectivity index (χ0n) is 19.7. The minimum Gasteiger partial charge on any atom is -0.497 e. The number of carbonyl (C=O) groups is 1. The van der Waals surface area contributed by atoms with Crippen molar-refractivity contribution in [3.05, 3.63) is 66.2 Å². The Morgan fingerprint density at radius 3 is 2.32 bits per heavy atom. The van der Waals surface area contributed by atoms with Crippen LogP contribution in [0.1, 0.15) is 18.4 Å². The zero-order valence-corrected chi connectivity index (χ0v) is 20.5. The summed E-state index contributed by atoms with van der Waals surface area (Å²) in [5, 5.41) is 2.15. The van der Waals surface area contributed by atoms with E-state index in [0.29, 0.717) is 31.7 Å². The van der Waals surface area contributed by atoms with Gasteiger partial charge >= 0.3 is 0 Å². The molecule has 0 radical (unpaired) electrons. The van der Waals surface area contributed by atoms with Crippen LogP contribution >= 0.6 is 0 Å². The van der Waals surface area contributed by atoms with E-state index in [1.165, 1.54) is 11.4 Å². The summed E-state index contributed by atoms with van der Waals surface area (Å²) in [6.45, 7) is 1.06. The fourth-order valence-electron chi connectivity index (χ4n) is 4.42. The van der Waals surface area contributed by atoms with Gasteiger partial charge in [0.1, 0.15) is 11.5 Å². The van der Waals surface area contributed by atoms with Gasteiger partial charge in [0, 0.05) is 26.7 Å². The molecule has 1 fully saturated rings. The zero-order chi connectivity index (χ0) is 24.3. The van der Waals surface area contributed by atoms with Crippen LogP contribution in [0, 0.1) is 5.92 Å². The summed E-state index contributed by atoms with van der Waals surface area (Å²) in [6.07, 6.45) is 1.33. The third-order valence-corrected chi connectivity index (χ3v) is 8.22. The maximum Gasteiger partial charge on any atom is 0.243 e. The predicted octanol–water partition coefficient (Wildman–Crippen LogP) is 3.92. The minimum absolute atomic E-state index is 0.0375. The lowest BCUT2D eigenvalue weighted by Crippen LogP contribution is -2.45. The summed E-state index contributed by atoms with van der Waals surface area (Å²) in [6, 6.07) is 18.3. The Bertz CT molecular complexity index is 1270. The van der Waals surface area contributed by atoms with Crippen molar-refractivity contribution < 1.29 is 22.7 Å². The van der Waals surface area contributed by atoms with Crippen LogP contribution < -0.4 is 9.47 Å². The molecule has 8 heteroatoms. The van der Waals surface area contributed by atoms with E-state index < -0.39 is 10.0 Å². The average Bonchev–Trinajstić information content (AvgIpc) is 2.88. The Labute approximate surface area is 200 Å². The number of amides is 1. The third kappa shape index (κ3) is 5.03. The first-order valence-corrected chi connectivity index (χ1v) is 12.7. The van der Waals surface area contributed by atoms with Crippen molar-refractivity contribution in [3.8, 4) is 11.5 Å². The molecule has 0 aromatic heterocycles. The lowest BCUT2D eigenvalue weighted by atomic mass is 9.98. The first kappa shape index (κ1) is 24.0. The first-order chi connectivity index (χ1) is 16.3. The van der Waals surface area contributed by atoms with Crippen molar-refractivity contribution in [1.82, 2.24) is 9.21 Å². The normalized spacial score (nSPS) is 16.9. The van der Waals surface area contributed by atoms with Gasteiger partial charge in [-0.25, -0.2) is 8.42 Å². The Morgan fingerprint density at radius 2 is 1.62 bits per heavy atom. The molecule has 0 saturated carbocycles. The molecule has 0 spiro atoms. The van der Waals surface area contributed by atoms with Crippen LogP contribution in [0.2, 0.25) is 0 Å². The smallest absolute Gasteiger partial charge is 0.243 e. The molecule has 0 bridgehead atoms. The molecule has 4 rings (SSSR count). The predicted molar refractivity (Wildman–Crippen MR) is 131 cm³/mol. The second kappa shape index (κ2) is 10.0. The van der Waals surface area contributed by atoms with E-state index in [1.54, 1.807) is 43.3 Å². The minimum atomic E-state index is -3.67. The molecule has 0 aliphatic carbocycles. The van der Waals surface area contributed by atoms with E-state index in [9.17, 15) is 13.2 Å². The van der Waals surface area contributed by atoms with Crippen LogP contribution in [0.5, 0.6) is 11.5 Å².